The topological polar surface area (TPSA) is 92.3 Å². The van der Waals surface area contributed by atoms with Crippen molar-refractivity contribution >= 4 is 21.7 Å². The standard InChI is InChI=1S/C15H19FN2O4S/c16-13-4-1-11(2-5-13)3-6-14(19)17-18-15(20)9-12-7-8-23(21,22)10-12/h1-2,4-5,12H,3,6-10H2,(H,17,19)(H,18,20)/t12-/m1/s1. The average molecular weight is 342 g/mol. The molecule has 1 aliphatic heterocycles. The number of hydrazine groups is 1. The molecule has 1 saturated heterocycles. The second kappa shape index (κ2) is 7.54. The molecule has 2 N–H and O–H groups in total. The lowest BCUT2D eigenvalue weighted by Crippen LogP contribution is -2.42. The third-order valence-corrected chi connectivity index (χ3v) is 5.53. The van der Waals surface area contributed by atoms with Crippen molar-refractivity contribution in [3.05, 3.63) is 35.6 Å². The highest BCUT2D eigenvalue weighted by Crippen LogP contribution is 2.21. The number of carbonyl (C=O) groups is 2. The fourth-order valence-electron chi connectivity index (χ4n) is 2.46. The van der Waals surface area contributed by atoms with Gasteiger partial charge >= 0.3 is 0 Å². The molecule has 1 heterocycles. The molecule has 6 nitrogen and oxygen atoms in total. The monoisotopic (exact) mass is 342 g/mol. The van der Waals surface area contributed by atoms with Crippen LogP contribution in [0.15, 0.2) is 24.3 Å². The molecule has 0 radical (unpaired) electrons. The van der Waals surface area contributed by atoms with Crippen molar-refractivity contribution in [1.29, 1.82) is 0 Å². The molecule has 0 bridgehead atoms. The fourth-order valence-corrected chi connectivity index (χ4v) is 4.32. The molecule has 126 valence electrons. The Morgan fingerprint density at radius 2 is 1.78 bits per heavy atom. The molecule has 2 rings (SSSR count). The van der Waals surface area contributed by atoms with Gasteiger partial charge in [-0.15, -0.1) is 0 Å². The van der Waals surface area contributed by atoms with E-state index < -0.39 is 15.7 Å². The largest absolute Gasteiger partial charge is 0.273 e. The van der Waals surface area contributed by atoms with E-state index in [1.165, 1.54) is 12.1 Å². The Bertz CT molecular complexity index is 673. The van der Waals surface area contributed by atoms with Crippen LogP contribution in [0.2, 0.25) is 0 Å². The van der Waals surface area contributed by atoms with Gasteiger partial charge in [0, 0.05) is 12.8 Å². The van der Waals surface area contributed by atoms with E-state index in [0.717, 1.165) is 5.56 Å². The second-order valence-corrected chi connectivity index (χ2v) is 7.92. The highest BCUT2D eigenvalue weighted by Gasteiger charge is 2.29. The number of sulfone groups is 1. The summed E-state index contributed by atoms with van der Waals surface area (Å²) in [7, 11) is -3.01. The highest BCUT2D eigenvalue weighted by atomic mass is 32.2. The molecule has 1 fully saturated rings. The highest BCUT2D eigenvalue weighted by molar-refractivity contribution is 7.91. The zero-order chi connectivity index (χ0) is 16.9. The Kier molecular flexibility index (Phi) is 5.70. The van der Waals surface area contributed by atoms with Crippen LogP contribution in [0, 0.1) is 11.7 Å². The SMILES string of the molecule is O=C(CCc1ccc(F)cc1)NNC(=O)C[C@H]1CCS(=O)(=O)C1. The molecular formula is C15H19FN2O4S. The molecule has 0 aromatic heterocycles. The van der Waals surface area contributed by atoms with Gasteiger partial charge in [-0.25, -0.2) is 12.8 Å². The summed E-state index contributed by atoms with van der Waals surface area (Å²) in [5, 5.41) is 0. The van der Waals surface area contributed by atoms with Crippen molar-refractivity contribution in [2.75, 3.05) is 11.5 Å². The van der Waals surface area contributed by atoms with Crippen molar-refractivity contribution < 1.29 is 22.4 Å². The number of benzene rings is 1. The summed E-state index contributed by atoms with van der Waals surface area (Å²) in [5.74, 6) is -1.13. The lowest BCUT2D eigenvalue weighted by molar-refractivity contribution is -0.129. The third-order valence-electron chi connectivity index (χ3n) is 3.70. The van der Waals surface area contributed by atoms with Crippen molar-refractivity contribution in [3.8, 4) is 0 Å². The summed E-state index contributed by atoms with van der Waals surface area (Å²) in [6.45, 7) is 0. The predicted molar refractivity (Wildman–Crippen MR) is 82.4 cm³/mol. The first-order valence-corrected chi connectivity index (χ1v) is 9.19. The number of nitrogens with one attached hydrogen (secondary N) is 2. The van der Waals surface area contributed by atoms with Crippen LogP contribution < -0.4 is 10.9 Å². The van der Waals surface area contributed by atoms with Gasteiger partial charge in [0.15, 0.2) is 9.84 Å². The quantitative estimate of drug-likeness (QED) is 0.772. The minimum absolute atomic E-state index is 0.0267. The maximum Gasteiger partial charge on any atom is 0.238 e. The number of halogens is 1. The van der Waals surface area contributed by atoms with Crippen LogP contribution >= 0.6 is 0 Å². The number of amides is 2. The van der Waals surface area contributed by atoms with Crippen LogP contribution in [0.5, 0.6) is 0 Å². The van der Waals surface area contributed by atoms with Crippen LogP contribution in [0.4, 0.5) is 4.39 Å². The number of aryl methyl sites for hydroxylation is 1. The van der Waals surface area contributed by atoms with Crippen LogP contribution in [0.1, 0.15) is 24.8 Å². The zero-order valence-corrected chi connectivity index (χ0v) is 13.4. The minimum Gasteiger partial charge on any atom is -0.273 e. The number of hydrogen-bond donors (Lipinski definition) is 2. The van der Waals surface area contributed by atoms with Gasteiger partial charge in [-0.1, -0.05) is 12.1 Å². The van der Waals surface area contributed by atoms with Crippen LogP contribution in [0.3, 0.4) is 0 Å². The molecule has 0 spiro atoms. The molecule has 1 atom stereocenters. The molecule has 0 aliphatic carbocycles. The number of carbonyl (C=O) groups excluding carboxylic acids is 2. The van der Waals surface area contributed by atoms with Gasteiger partial charge in [0.25, 0.3) is 0 Å². The third kappa shape index (κ3) is 5.97. The summed E-state index contributed by atoms with van der Waals surface area (Å²) in [6.07, 6.45) is 1.15. The lowest BCUT2D eigenvalue weighted by Gasteiger charge is -2.10. The molecule has 1 aromatic rings. The maximum atomic E-state index is 12.7. The van der Waals surface area contributed by atoms with Crippen LogP contribution in [-0.4, -0.2) is 31.7 Å². The Balaban J connectivity index is 1.66. The zero-order valence-electron chi connectivity index (χ0n) is 12.5. The molecule has 1 aromatic carbocycles. The molecule has 1 aliphatic rings. The van der Waals surface area contributed by atoms with Crippen LogP contribution in [0.25, 0.3) is 0 Å². The first-order valence-electron chi connectivity index (χ1n) is 7.36. The number of rotatable bonds is 5. The van der Waals surface area contributed by atoms with E-state index in [4.69, 9.17) is 0 Å². The van der Waals surface area contributed by atoms with Gasteiger partial charge in [-0.2, -0.15) is 0 Å². The maximum absolute atomic E-state index is 12.7. The van der Waals surface area contributed by atoms with E-state index in [9.17, 15) is 22.4 Å². The van der Waals surface area contributed by atoms with E-state index in [1.807, 2.05) is 0 Å². The summed E-state index contributed by atoms with van der Waals surface area (Å²) in [6, 6.07) is 5.85. The summed E-state index contributed by atoms with van der Waals surface area (Å²) < 4.78 is 35.4. The van der Waals surface area contributed by atoms with Gasteiger partial charge in [0.1, 0.15) is 5.82 Å². The van der Waals surface area contributed by atoms with Crippen molar-refractivity contribution in [2.45, 2.75) is 25.7 Å². The molecule has 23 heavy (non-hydrogen) atoms. The Morgan fingerprint density at radius 1 is 1.13 bits per heavy atom. The Hall–Kier alpha value is -1.96. The molecule has 8 heteroatoms. The van der Waals surface area contributed by atoms with Gasteiger partial charge < -0.3 is 0 Å². The minimum atomic E-state index is -3.01. The normalized spacial score (nSPS) is 19.3. The summed E-state index contributed by atoms with van der Waals surface area (Å²) in [5.41, 5.74) is 5.41. The van der Waals surface area contributed by atoms with E-state index in [0.29, 0.717) is 12.8 Å². The smallest absolute Gasteiger partial charge is 0.238 e. The Morgan fingerprint density at radius 3 is 2.39 bits per heavy atom. The number of hydrogen-bond acceptors (Lipinski definition) is 4. The van der Waals surface area contributed by atoms with E-state index >= 15 is 0 Å². The summed E-state index contributed by atoms with van der Waals surface area (Å²) in [4.78, 5) is 23.3. The van der Waals surface area contributed by atoms with Gasteiger partial charge in [0.2, 0.25) is 11.8 Å². The van der Waals surface area contributed by atoms with Gasteiger partial charge in [-0.05, 0) is 36.5 Å². The van der Waals surface area contributed by atoms with Gasteiger partial charge in [-0.3, -0.25) is 20.4 Å². The van der Waals surface area contributed by atoms with Crippen molar-refractivity contribution in [3.63, 3.8) is 0 Å². The van der Waals surface area contributed by atoms with Crippen molar-refractivity contribution in [1.82, 2.24) is 10.9 Å². The fraction of sp³-hybridized carbons (Fsp3) is 0.467. The predicted octanol–water partition coefficient (Wildman–Crippen LogP) is 0.730. The molecule has 0 saturated carbocycles. The van der Waals surface area contributed by atoms with Crippen molar-refractivity contribution in [2.24, 2.45) is 5.92 Å². The van der Waals surface area contributed by atoms with E-state index in [2.05, 4.69) is 10.9 Å². The lowest BCUT2D eigenvalue weighted by atomic mass is 10.1. The van der Waals surface area contributed by atoms with E-state index in [-0.39, 0.29) is 42.0 Å². The second-order valence-electron chi connectivity index (χ2n) is 5.70. The van der Waals surface area contributed by atoms with E-state index in [1.54, 1.807) is 12.1 Å². The first-order chi connectivity index (χ1) is 10.8. The average Bonchev–Trinajstić information content (AvgIpc) is 2.83. The van der Waals surface area contributed by atoms with Crippen LogP contribution in [-0.2, 0) is 25.8 Å². The Labute approximate surface area is 134 Å². The molecular weight excluding hydrogens is 323 g/mol. The van der Waals surface area contributed by atoms with Gasteiger partial charge in [0.05, 0.1) is 11.5 Å². The molecule has 2 amide bonds. The molecule has 0 unspecified atom stereocenters. The summed E-state index contributed by atoms with van der Waals surface area (Å²) >= 11 is 0. The first kappa shape index (κ1) is 17.4.